The summed E-state index contributed by atoms with van der Waals surface area (Å²) in [6.45, 7) is 5.85. The number of benzene rings is 3. The summed E-state index contributed by atoms with van der Waals surface area (Å²) in [6.07, 6.45) is -0.0694. The predicted molar refractivity (Wildman–Crippen MR) is 121 cm³/mol. The summed E-state index contributed by atoms with van der Waals surface area (Å²) in [5.41, 5.74) is 3.56. The van der Waals surface area contributed by atoms with E-state index in [2.05, 4.69) is 5.32 Å². The molecule has 0 spiro atoms. The van der Waals surface area contributed by atoms with E-state index in [-0.39, 0.29) is 18.1 Å². The Balaban J connectivity index is 1.94. The number of hydrogen-bond donors (Lipinski definition) is 1. The monoisotopic (exact) mass is 423 g/mol. The lowest BCUT2D eigenvalue weighted by Gasteiger charge is -2.21. The molecule has 3 rings (SSSR count). The fourth-order valence-corrected chi connectivity index (χ4v) is 3.43. The Hall–Kier alpha value is -2.98. The second kappa shape index (κ2) is 9.68. The van der Waals surface area contributed by atoms with Crippen LogP contribution in [0.1, 0.15) is 46.9 Å². The minimum Gasteiger partial charge on any atom is -0.493 e. The third kappa shape index (κ3) is 5.14. The standard InChI is InChI=1S/C25H26ClNO3/c1-16(2)30-24-21(26)14-20(15-22(24)29-4)25(28)27-23(18-8-6-5-7-9-18)19-12-10-17(3)11-13-19/h5-16,23H,1-4H3,(H,27,28). The molecule has 3 aromatic rings. The van der Waals surface area contributed by atoms with Crippen molar-refractivity contribution in [3.8, 4) is 11.5 Å². The molecule has 5 heteroatoms. The molecule has 0 aromatic heterocycles. The maximum Gasteiger partial charge on any atom is 0.252 e. The molecule has 0 saturated carbocycles. The Kier molecular flexibility index (Phi) is 7.01. The van der Waals surface area contributed by atoms with Gasteiger partial charge in [0.15, 0.2) is 11.5 Å². The Morgan fingerprint density at radius 1 is 0.967 bits per heavy atom. The Labute approximate surface area is 182 Å². The number of halogens is 1. The van der Waals surface area contributed by atoms with Crippen LogP contribution in [0.15, 0.2) is 66.7 Å². The van der Waals surface area contributed by atoms with Crippen LogP contribution in [0.25, 0.3) is 0 Å². The third-order valence-electron chi connectivity index (χ3n) is 4.66. The van der Waals surface area contributed by atoms with Crippen molar-refractivity contribution in [3.63, 3.8) is 0 Å². The first-order valence-corrected chi connectivity index (χ1v) is 10.2. The summed E-state index contributed by atoms with van der Waals surface area (Å²) in [6, 6.07) is 21.0. The second-order valence-electron chi connectivity index (χ2n) is 7.38. The van der Waals surface area contributed by atoms with Crippen LogP contribution in [-0.2, 0) is 0 Å². The number of nitrogens with one attached hydrogen (secondary N) is 1. The van der Waals surface area contributed by atoms with Crippen molar-refractivity contribution in [1.82, 2.24) is 5.32 Å². The van der Waals surface area contributed by atoms with Crippen molar-refractivity contribution in [2.45, 2.75) is 32.9 Å². The lowest BCUT2D eigenvalue weighted by molar-refractivity contribution is 0.0942. The lowest BCUT2D eigenvalue weighted by Crippen LogP contribution is -2.29. The van der Waals surface area contributed by atoms with Crippen molar-refractivity contribution < 1.29 is 14.3 Å². The molecule has 0 bridgehead atoms. The smallest absolute Gasteiger partial charge is 0.252 e. The molecule has 1 atom stereocenters. The Morgan fingerprint density at radius 2 is 1.60 bits per heavy atom. The van der Waals surface area contributed by atoms with Gasteiger partial charge in [0, 0.05) is 5.56 Å². The van der Waals surface area contributed by atoms with Gasteiger partial charge >= 0.3 is 0 Å². The molecule has 1 N–H and O–H groups in total. The van der Waals surface area contributed by atoms with E-state index < -0.39 is 0 Å². The molecule has 1 unspecified atom stereocenters. The fraction of sp³-hybridized carbons (Fsp3) is 0.240. The number of hydrogen-bond acceptors (Lipinski definition) is 3. The van der Waals surface area contributed by atoms with Crippen molar-refractivity contribution >= 4 is 17.5 Å². The van der Waals surface area contributed by atoms with Gasteiger partial charge in [0.05, 0.1) is 24.3 Å². The molecule has 1 amide bonds. The van der Waals surface area contributed by atoms with Crippen LogP contribution in [0.2, 0.25) is 5.02 Å². The molecule has 30 heavy (non-hydrogen) atoms. The van der Waals surface area contributed by atoms with Crippen molar-refractivity contribution in [2.75, 3.05) is 7.11 Å². The first-order valence-electron chi connectivity index (χ1n) is 9.85. The van der Waals surface area contributed by atoms with E-state index in [1.807, 2.05) is 75.4 Å². The van der Waals surface area contributed by atoms with E-state index in [1.165, 1.54) is 7.11 Å². The number of carbonyl (C=O) groups is 1. The van der Waals surface area contributed by atoms with E-state index in [0.29, 0.717) is 22.1 Å². The van der Waals surface area contributed by atoms with Crippen LogP contribution in [-0.4, -0.2) is 19.1 Å². The van der Waals surface area contributed by atoms with Gasteiger partial charge in [-0.1, -0.05) is 71.8 Å². The highest BCUT2D eigenvalue weighted by molar-refractivity contribution is 6.32. The largest absolute Gasteiger partial charge is 0.493 e. The average Bonchev–Trinajstić information content (AvgIpc) is 2.74. The van der Waals surface area contributed by atoms with Crippen LogP contribution in [0, 0.1) is 6.92 Å². The molecule has 0 heterocycles. The number of aryl methyl sites for hydroxylation is 1. The highest BCUT2D eigenvalue weighted by atomic mass is 35.5. The summed E-state index contributed by atoms with van der Waals surface area (Å²) in [4.78, 5) is 13.2. The van der Waals surface area contributed by atoms with Crippen molar-refractivity contribution in [1.29, 1.82) is 0 Å². The quantitative estimate of drug-likeness (QED) is 0.509. The summed E-state index contributed by atoms with van der Waals surface area (Å²) in [7, 11) is 1.53. The molecule has 4 nitrogen and oxygen atoms in total. The molecule has 0 aliphatic carbocycles. The number of rotatable bonds is 7. The summed E-state index contributed by atoms with van der Waals surface area (Å²) >= 11 is 6.40. The van der Waals surface area contributed by atoms with Gasteiger partial charge in [0.25, 0.3) is 5.91 Å². The number of amides is 1. The number of ether oxygens (including phenoxy) is 2. The lowest BCUT2D eigenvalue weighted by atomic mass is 9.97. The summed E-state index contributed by atoms with van der Waals surface area (Å²) in [5.74, 6) is 0.609. The van der Waals surface area contributed by atoms with Crippen LogP contribution < -0.4 is 14.8 Å². The molecule has 0 aliphatic rings. The summed E-state index contributed by atoms with van der Waals surface area (Å²) < 4.78 is 11.2. The van der Waals surface area contributed by atoms with E-state index in [0.717, 1.165) is 16.7 Å². The number of carbonyl (C=O) groups excluding carboxylic acids is 1. The minimum absolute atomic E-state index is 0.0694. The minimum atomic E-state index is -0.296. The highest BCUT2D eigenvalue weighted by Crippen LogP contribution is 2.37. The molecule has 0 radical (unpaired) electrons. The van der Waals surface area contributed by atoms with Gasteiger partial charge in [-0.25, -0.2) is 0 Å². The number of methoxy groups -OCH3 is 1. The molecule has 0 saturated heterocycles. The predicted octanol–water partition coefficient (Wildman–Crippen LogP) is 5.96. The van der Waals surface area contributed by atoms with Crippen LogP contribution in [0.3, 0.4) is 0 Å². The normalized spacial score (nSPS) is 11.8. The van der Waals surface area contributed by atoms with Gasteiger partial charge < -0.3 is 14.8 Å². The SMILES string of the molecule is COc1cc(C(=O)NC(c2ccccc2)c2ccc(C)cc2)cc(Cl)c1OC(C)C. The maximum absolute atomic E-state index is 13.2. The Bertz CT molecular complexity index is 1000. The van der Waals surface area contributed by atoms with E-state index in [9.17, 15) is 4.79 Å². The third-order valence-corrected chi connectivity index (χ3v) is 4.94. The van der Waals surface area contributed by atoms with Gasteiger partial charge in [0.2, 0.25) is 0 Å². The first kappa shape index (κ1) is 21.7. The van der Waals surface area contributed by atoms with Crippen LogP contribution >= 0.6 is 11.6 Å². The van der Waals surface area contributed by atoms with E-state index >= 15 is 0 Å². The summed E-state index contributed by atoms with van der Waals surface area (Å²) in [5, 5.41) is 3.46. The highest BCUT2D eigenvalue weighted by Gasteiger charge is 2.21. The van der Waals surface area contributed by atoms with Crippen molar-refractivity contribution in [3.05, 3.63) is 94.0 Å². The zero-order valence-corrected chi connectivity index (χ0v) is 18.4. The zero-order chi connectivity index (χ0) is 21.7. The maximum atomic E-state index is 13.2. The van der Waals surface area contributed by atoms with Crippen LogP contribution in [0.5, 0.6) is 11.5 Å². The van der Waals surface area contributed by atoms with Gasteiger partial charge in [-0.15, -0.1) is 0 Å². The molecule has 156 valence electrons. The molecular weight excluding hydrogens is 398 g/mol. The molecule has 3 aromatic carbocycles. The average molecular weight is 424 g/mol. The molecule has 0 aliphatic heterocycles. The van der Waals surface area contributed by atoms with E-state index in [4.69, 9.17) is 21.1 Å². The van der Waals surface area contributed by atoms with Crippen molar-refractivity contribution in [2.24, 2.45) is 0 Å². The van der Waals surface area contributed by atoms with Crippen LogP contribution in [0.4, 0.5) is 0 Å². The van der Waals surface area contributed by atoms with Gasteiger partial charge in [0.1, 0.15) is 0 Å². The molecular formula is C25H26ClNO3. The van der Waals surface area contributed by atoms with E-state index in [1.54, 1.807) is 12.1 Å². The van der Waals surface area contributed by atoms with Gasteiger partial charge in [-0.3, -0.25) is 4.79 Å². The molecule has 0 fully saturated rings. The second-order valence-corrected chi connectivity index (χ2v) is 7.79. The van der Waals surface area contributed by atoms with Gasteiger partial charge in [-0.2, -0.15) is 0 Å². The first-order chi connectivity index (χ1) is 14.4. The fourth-order valence-electron chi connectivity index (χ4n) is 3.18. The van der Waals surface area contributed by atoms with Gasteiger partial charge in [-0.05, 0) is 44.0 Å². The zero-order valence-electron chi connectivity index (χ0n) is 17.6. The Morgan fingerprint density at radius 3 is 2.20 bits per heavy atom. The topological polar surface area (TPSA) is 47.6 Å².